The highest BCUT2D eigenvalue weighted by Gasteiger charge is 2.45. The number of hydrogen-bond acceptors (Lipinski definition) is 2. The number of aliphatic hydroxyl groups excluding tert-OH is 1. The molecule has 14 heavy (non-hydrogen) atoms. The summed E-state index contributed by atoms with van der Waals surface area (Å²) in [7, 11) is 0. The fourth-order valence-corrected chi connectivity index (χ4v) is 1.10. The zero-order chi connectivity index (χ0) is 10.0. The van der Waals surface area contributed by atoms with Crippen LogP contribution in [0, 0.1) is 11.8 Å². The van der Waals surface area contributed by atoms with Gasteiger partial charge in [-0.15, -0.1) is 0 Å². The Labute approximate surface area is 83.5 Å². The van der Waals surface area contributed by atoms with Gasteiger partial charge >= 0.3 is 0 Å². The van der Waals surface area contributed by atoms with Crippen molar-refractivity contribution in [3.63, 3.8) is 0 Å². The molecule has 1 aliphatic rings. The van der Waals surface area contributed by atoms with Gasteiger partial charge in [-0.3, -0.25) is 0 Å². The first-order chi connectivity index (χ1) is 6.71. The third kappa shape index (κ3) is 1.95. The van der Waals surface area contributed by atoms with Gasteiger partial charge in [0.05, 0.1) is 6.61 Å². The Kier molecular flexibility index (Phi) is 2.28. The molecule has 0 spiro atoms. The van der Waals surface area contributed by atoms with E-state index in [1.165, 1.54) is 0 Å². The predicted octanol–water partition coefficient (Wildman–Crippen LogP) is 1.19. The van der Waals surface area contributed by atoms with Gasteiger partial charge in [0.2, 0.25) is 0 Å². The second-order valence-electron chi connectivity index (χ2n) is 3.64. The van der Waals surface area contributed by atoms with Crippen LogP contribution in [0.5, 0.6) is 0 Å². The molecular formula is C12H12O2. The molecule has 2 rings (SSSR count). The molecule has 1 N–H and O–H groups in total. The van der Waals surface area contributed by atoms with Crippen LogP contribution in [-0.4, -0.2) is 23.4 Å². The van der Waals surface area contributed by atoms with E-state index in [2.05, 4.69) is 11.8 Å². The van der Waals surface area contributed by atoms with Crippen LogP contribution in [0.25, 0.3) is 0 Å². The Balaban J connectivity index is 2.07. The van der Waals surface area contributed by atoms with Crippen LogP contribution >= 0.6 is 0 Å². The molecule has 0 aliphatic carbocycles. The minimum Gasteiger partial charge on any atom is -0.377 e. The van der Waals surface area contributed by atoms with Gasteiger partial charge in [0.1, 0.15) is 11.7 Å². The quantitative estimate of drug-likeness (QED) is 0.530. The molecule has 1 fully saturated rings. The number of hydrogen-bond donors (Lipinski definition) is 1. The summed E-state index contributed by atoms with van der Waals surface area (Å²) in [4.78, 5) is 0. The van der Waals surface area contributed by atoms with E-state index < -0.39 is 11.7 Å². The first-order valence-electron chi connectivity index (χ1n) is 4.59. The van der Waals surface area contributed by atoms with Gasteiger partial charge in [0.25, 0.3) is 0 Å². The molecule has 2 heteroatoms. The lowest BCUT2D eigenvalue weighted by atomic mass is 10.1. The zero-order valence-corrected chi connectivity index (χ0v) is 8.03. The van der Waals surface area contributed by atoms with Crippen molar-refractivity contribution in [2.45, 2.75) is 18.6 Å². The molecular weight excluding hydrogens is 176 g/mol. The summed E-state index contributed by atoms with van der Waals surface area (Å²) in [5.74, 6) is 5.69. The fourth-order valence-electron chi connectivity index (χ4n) is 1.10. The lowest BCUT2D eigenvalue weighted by Gasteiger charge is -2.05. The third-order valence-corrected chi connectivity index (χ3v) is 2.31. The normalized spacial score (nSPS) is 26.1. The van der Waals surface area contributed by atoms with Crippen molar-refractivity contribution in [2.24, 2.45) is 0 Å². The number of aliphatic hydroxyl groups is 1. The van der Waals surface area contributed by atoms with Crippen LogP contribution in [0.1, 0.15) is 12.5 Å². The van der Waals surface area contributed by atoms with Gasteiger partial charge in [-0.05, 0) is 19.1 Å². The molecule has 1 heterocycles. The summed E-state index contributed by atoms with van der Waals surface area (Å²) in [6.45, 7) is 2.45. The molecule has 72 valence electrons. The average Bonchev–Trinajstić information content (AvgIpc) is 2.96. The molecule has 2 atom stereocenters. The summed E-state index contributed by atoms with van der Waals surface area (Å²) in [6.07, 6.45) is -0.692. The molecule has 2 unspecified atom stereocenters. The molecule has 1 aliphatic heterocycles. The van der Waals surface area contributed by atoms with E-state index in [-0.39, 0.29) is 0 Å². The van der Waals surface area contributed by atoms with Crippen molar-refractivity contribution in [1.29, 1.82) is 0 Å². The summed E-state index contributed by atoms with van der Waals surface area (Å²) in [5, 5.41) is 9.61. The number of ether oxygens (including phenoxy) is 1. The van der Waals surface area contributed by atoms with Crippen molar-refractivity contribution < 1.29 is 9.84 Å². The van der Waals surface area contributed by atoms with Crippen molar-refractivity contribution >= 4 is 0 Å². The van der Waals surface area contributed by atoms with E-state index in [0.717, 1.165) is 5.56 Å². The summed E-state index contributed by atoms with van der Waals surface area (Å²) in [6, 6.07) is 9.61. The summed E-state index contributed by atoms with van der Waals surface area (Å²) >= 11 is 0. The lowest BCUT2D eigenvalue weighted by molar-refractivity contribution is 0.131. The van der Waals surface area contributed by atoms with Crippen molar-refractivity contribution in [3.05, 3.63) is 35.9 Å². The topological polar surface area (TPSA) is 32.8 Å². The van der Waals surface area contributed by atoms with Crippen LogP contribution in [0.3, 0.4) is 0 Å². The van der Waals surface area contributed by atoms with E-state index in [0.29, 0.717) is 6.61 Å². The molecule has 0 aromatic heterocycles. The van der Waals surface area contributed by atoms with E-state index in [4.69, 9.17) is 4.74 Å². The highest BCUT2D eigenvalue weighted by molar-refractivity contribution is 5.35. The molecule has 2 nitrogen and oxygen atoms in total. The molecule has 0 bridgehead atoms. The van der Waals surface area contributed by atoms with Crippen LogP contribution in [0.4, 0.5) is 0 Å². The first kappa shape index (κ1) is 9.26. The van der Waals surface area contributed by atoms with Gasteiger partial charge < -0.3 is 9.84 Å². The largest absolute Gasteiger partial charge is 0.377 e. The van der Waals surface area contributed by atoms with Gasteiger partial charge in [-0.1, -0.05) is 30.0 Å². The zero-order valence-electron chi connectivity index (χ0n) is 8.03. The fraction of sp³-hybridized carbons (Fsp3) is 0.333. The molecule has 1 aromatic carbocycles. The molecule has 0 saturated carbocycles. The maximum atomic E-state index is 9.61. The second-order valence-corrected chi connectivity index (χ2v) is 3.64. The molecule has 0 amide bonds. The summed E-state index contributed by atoms with van der Waals surface area (Å²) in [5.41, 5.74) is 0.484. The monoisotopic (exact) mass is 188 g/mol. The third-order valence-electron chi connectivity index (χ3n) is 2.31. The van der Waals surface area contributed by atoms with Gasteiger partial charge in [-0.2, -0.15) is 0 Å². The average molecular weight is 188 g/mol. The van der Waals surface area contributed by atoms with Crippen LogP contribution in [0.15, 0.2) is 30.3 Å². The SMILES string of the molecule is CC1(C(O)C#Cc2ccccc2)CO1. The Morgan fingerprint density at radius 2 is 2.07 bits per heavy atom. The lowest BCUT2D eigenvalue weighted by Crippen LogP contribution is -2.24. The van der Waals surface area contributed by atoms with Crippen molar-refractivity contribution in [1.82, 2.24) is 0 Å². The maximum Gasteiger partial charge on any atom is 0.145 e. The standard InChI is InChI=1S/C12H12O2/c1-12(9-14-12)11(13)8-7-10-5-3-2-4-6-10/h2-6,11,13H,9H2,1H3. The van der Waals surface area contributed by atoms with E-state index in [9.17, 15) is 5.11 Å². The minimum absolute atomic E-state index is 0.429. The Morgan fingerprint density at radius 3 is 2.64 bits per heavy atom. The molecule has 1 saturated heterocycles. The minimum atomic E-state index is -0.692. The molecule has 0 radical (unpaired) electrons. The van der Waals surface area contributed by atoms with Crippen molar-refractivity contribution in [2.75, 3.05) is 6.61 Å². The Bertz CT molecular complexity index is 368. The van der Waals surface area contributed by atoms with Crippen LogP contribution in [-0.2, 0) is 4.74 Å². The maximum absolute atomic E-state index is 9.61. The van der Waals surface area contributed by atoms with Crippen molar-refractivity contribution in [3.8, 4) is 11.8 Å². The van der Waals surface area contributed by atoms with Crippen LogP contribution < -0.4 is 0 Å². The number of benzene rings is 1. The first-order valence-corrected chi connectivity index (χ1v) is 4.59. The van der Waals surface area contributed by atoms with Gasteiger partial charge in [0.15, 0.2) is 0 Å². The van der Waals surface area contributed by atoms with Gasteiger partial charge in [0, 0.05) is 5.56 Å². The second kappa shape index (κ2) is 3.45. The smallest absolute Gasteiger partial charge is 0.145 e. The summed E-state index contributed by atoms with van der Waals surface area (Å²) < 4.78 is 5.09. The highest BCUT2D eigenvalue weighted by atomic mass is 16.6. The number of rotatable bonds is 1. The Hall–Kier alpha value is -1.30. The number of epoxide rings is 1. The predicted molar refractivity (Wildman–Crippen MR) is 53.7 cm³/mol. The molecule has 1 aromatic rings. The van der Waals surface area contributed by atoms with E-state index in [1.54, 1.807) is 0 Å². The van der Waals surface area contributed by atoms with Crippen LogP contribution in [0.2, 0.25) is 0 Å². The van der Waals surface area contributed by atoms with Gasteiger partial charge in [-0.25, -0.2) is 0 Å². The Morgan fingerprint density at radius 1 is 1.43 bits per heavy atom. The van der Waals surface area contributed by atoms with E-state index >= 15 is 0 Å². The highest BCUT2D eigenvalue weighted by Crippen LogP contribution is 2.29. The van der Waals surface area contributed by atoms with E-state index in [1.807, 2.05) is 37.3 Å².